The molecule has 1 saturated carbocycles. The second-order valence-electron chi connectivity index (χ2n) is 6.31. The minimum atomic E-state index is -1.06. The van der Waals surface area contributed by atoms with Crippen molar-refractivity contribution in [2.24, 2.45) is 5.92 Å². The van der Waals surface area contributed by atoms with Crippen LogP contribution in [0.5, 0.6) is 0 Å². The maximum absolute atomic E-state index is 12.8. The highest BCUT2D eigenvalue weighted by molar-refractivity contribution is 9.10. The Morgan fingerprint density at radius 3 is 2.62 bits per heavy atom. The molecule has 24 heavy (non-hydrogen) atoms. The van der Waals surface area contributed by atoms with Crippen LogP contribution < -0.4 is 0 Å². The molecule has 1 aliphatic carbocycles. The molecule has 3 rings (SSSR count). The molecule has 2 aliphatic rings. The highest BCUT2D eigenvalue weighted by Gasteiger charge is 2.43. The lowest BCUT2D eigenvalue weighted by molar-refractivity contribution is -0.156. The molecule has 1 N–H and O–H groups in total. The minimum absolute atomic E-state index is 0.0225. The number of rotatable bonds is 5. The molecular formula is C17H19BrN2O4. The van der Waals surface area contributed by atoms with Crippen molar-refractivity contribution in [1.29, 1.82) is 0 Å². The van der Waals surface area contributed by atoms with Crippen LogP contribution in [-0.4, -0.2) is 51.8 Å². The Morgan fingerprint density at radius 1 is 1.25 bits per heavy atom. The first-order valence-corrected chi connectivity index (χ1v) is 8.80. The van der Waals surface area contributed by atoms with Crippen molar-refractivity contribution < 1.29 is 19.5 Å². The van der Waals surface area contributed by atoms with Crippen LogP contribution in [0, 0.1) is 5.92 Å². The fourth-order valence-corrected chi connectivity index (χ4v) is 3.49. The number of amides is 2. The number of carbonyl (C=O) groups excluding carboxylic acids is 2. The van der Waals surface area contributed by atoms with Gasteiger partial charge in [0, 0.05) is 30.0 Å². The molecule has 1 unspecified atom stereocenters. The van der Waals surface area contributed by atoms with Crippen molar-refractivity contribution in [1.82, 2.24) is 9.80 Å². The van der Waals surface area contributed by atoms with Gasteiger partial charge >= 0.3 is 5.97 Å². The molecule has 1 aromatic rings. The standard InChI is InChI=1S/C17H19BrN2O4/c18-13-3-1-2-11(8-13)10-19-6-7-20(16(23)12-4-5-12)14(17(19)24)9-15(21)22/h1-3,8,12,14H,4-7,9-10H2,(H,21,22). The number of piperazine rings is 1. The van der Waals surface area contributed by atoms with E-state index in [0.29, 0.717) is 19.6 Å². The van der Waals surface area contributed by atoms with Gasteiger partial charge in [0.15, 0.2) is 0 Å². The second-order valence-corrected chi connectivity index (χ2v) is 7.22. The Hall–Kier alpha value is -1.89. The first-order valence-electron chi connectivity index (χ1n) is 8.01. The average Bonchev–Trinajstić information content (AvgIpc) is 3.35. The van der Waals surface area contributed by atoms with E-state index in [1.54, 1.807) is 4.90 Å². The van der Waals surface area contributed by atoms with Gasteiger partial charge in [0.05, 0.1) is 6.42 Å². The van der Waals surface area contributed by atoms with E-state index < -0.39 is 12.0 Å². The van der Waals surface area contributed by atoms with E-state index in [9.17, 15) is 14.4 Å². The predicted octanol–water partition coefficient (Wildman–Crippen LogP) is 1.87. The van der Waals surface area contributed by atoms with Crippen LogP contribution >= 0.6 is 15.9 Å². The molecule has 1 saturated heterocycles. The third kappa shape index (κ3) is 3.77. The number of carboxylic acids is 1. The van der Waals surface area contributed by atoms with E-state index in [4.69, 9.17) is 5.11 Å². The SMILES string of the molecule is O=C(O)CC1C(=O)N(Cc2cccc(Br)c2)CCN1C(=O)C1CC1. The minimum Gasteiger partial charge on any atom is -0.481 e. The summed E-state index contributed by atoms with van der Waals surface area (Å²) in [6.45, 7) is 1.24. The van der Waals surface area contributed by atoms with E-state index in [1.165, 1.54) is 4.90 Å². The number of carbonyl (C=O) groups is 3. The maximum Gasteiger partial charge on any atom is 0.305 e. The zero-order chi connectivity index (χ0) is 17.3. The number of halogens is 1. The fraction of sp³-hybridized carbons (Fsp3) is 0.471. The summed E-state index contributed by atoms with van der Waals surface area (Å²) in [5, 5.41) is 9.13. The van der Waals surface area contributed by atoms with Crippen LogP contribution in [0.2, 0.25) is 0 Å². The number of carboxylic acid groups (broad SMARTS) is 1. The van der Waals surface area contributed by atoms with Crippen molar-refractivity contribution in [3.63, 3.8) is 0 Å². The van der Waals surface area contributed by atoms with Gasteiger partial charge in [-0.1, -0.05) is 28.1 Å². The molecule has 2 fully saturated rings. The number of nitrogens with zero attached hydrogens (tertiary/aromatic N) is 2. The summed E-state index contributed by atoms with van der Waals surface area (Å²) in [4.78, 5) is 39.4. The molecule has 6 nitrogen and oxygen atoms in total. The molecular weight excluding hydrogens is 376 g/mol. The quantitative estimate of drug-likeness (QED) is 0.826. The van der Waals surface area contributed by atoms with Gasteiger partial charge in [0.2, 0.25) is 11.8 Å². The highest BCUT2D eigenvalue weighted by atomic mass is 79.9. The molecule has 0 bridgehead atoms. The summed E-state index contributed by atoms with van der Waals surface area (Å²) in [5.74, 6) is -1.44. The fourth-order valence-electron chi connectivity index (χ4n) is 3.04. The van der Waals surface area contributed by atoms with Crippen LogP contribution in [0.1, 0.15) is 24.8 Å². The smallest absolute Gasteiger partial charge is 0.305 e. The lowest BCUT2D eigenvalue weighted by atomic mass is 10.1. The molecule has 7 heteroatoms. The van der Waals surface area contributed by atoms with Crippen LogP contribution in [0.15, 0.2) is 28.7 Å². The molecule has 0 aromatic heterocycles. The van der Waals surface area contributed by atoms with Gasteiger partial charge in [-0.15, -0.1) is 0 Å². The Balaban J connectivity index is 1.75. The zero-order valence-corrected chi connectivity index (χ0v) is 14.7. The van der Waals surface area contributed by atoms with Gasteiger partial charge in [0.25, 0.3) is 0 Å². The van der Waals surface area contributed by atoms with E-state index >= 15 is 0 Å². The van der Waals surface area contributed by atoms with Crippen LogP contribution in [0.3, 0.4) is 0 Å². The lowest BCUT2D eigenvalue weighted by Crippen LogP contribution is -2.59. The summed E-state index contributed by atoms with van der Waals surface area (Å²) >= 11 is 3.40. The summed E-state index contributed by atoms with van der Waals surface area (Å²) in [6.07, 6.45) is 1.34. The van der Waals surface area contributed by atoms with E-state index in [-0.39, 0.29) is 24.2 Å². The third-order valence-corrected chi connectivity index (χ3v) is 4.92. The topological polar surface area (TPSA) is 77.9 Å². The predicted molar refractivity (Wildman–Crippen MR) is 90.0 cm³/mol. The molecule has 1 aliphatic heterocycles. The Morgan fingerprint density at radius 2 is 2.00 bits per heavy atom. The second kappa shape index (κ2) is 6.93. The zero-order valence-electron chi connectivity index (χ0n) is 13.2. The molecule has 0 radical (unpaired) electrons. The van der Waals surface area contributed by atoms with Crippen LogP contribution in [0.25, 0.3) is 0 Å². The normalized spacial score (nSPS) is 21.0. The van der Waals surface area contributed by atoms with Crippen LogP contribution in [-0.2, 0) is 20.9 Å². The van der Waals surface area contributed by atoms with Crippen molar-refractivity contribution in [2.75, 3.05) is 13.1 Å². The Bertz CT molecular complexity index is 674. The molecule has 128 valence electrons. The highest BCUT2D eigenvalue weighted by Crippen LogP contribution is 2.33. The monoisotopic (exact) mass is 394 g/mol. The molecule has 2 amide bonds. The Labute approximate surface area is 148 Å². The van der Waals surface area contributed by atoms with E-state index in [0.717, 1.165) is 22.9 Å². The van der Waals surface area contributed by atoms with Gasteiger partial charge in [-0.05, 0) is 30.5 Å². The first kappa shape index (κ1) is 17.0. The number of hydrogen-bond acceptors (Lipinski definition) is 3. The van der Waals surface area contributed by atoms with Crippen molar-refractivity contribution in [3.05, 3.63) is 34.3 Å². The van der Waals surface area contributed by atoms with Gasteiger partial charge in [-0.2, -0.15) is 0 Å². The number of benzene rings is 1. The Kier molecular flexibility index (Phi) is 4.89. The van der Waals surface area contributed by atoms with Crippen LogP contribution in [0.4, 0.5) is 0 Å². The maximum atomic E-state index is 12.8. The first-order chi connectivity index (χ1) is 11.5. The summed E-state index contributed by atoms with van der Waals surface area (Å²) in [6, 6.07) is 6.76. The van der Waals surface area contributed by atoms with Gasteiger partial charge < -0.3 is 14.9 Å². The number of aliphatic carboxylic acids is 1. The van der Waals surface area contributed by atoms with Crippen molar-refractivity contribution in [2.45, 2.75) is 31.8 Å². The summed E-state index contributed by atoms with van der Waals surface area (Å²) in [7, 11) is 0. The lowest BCUT2D eigenvalue weighted by Gasteiger charge is -2.40. The third-order valence-electron chi connectivity index (χ3n) is 4.42. The number of hydrogen-bond donors (Lipinski definition) is 1. The molecule has 1 heterocycles. The summed E-state index contributed by atoms with van der Waals surface area (Å²) in [5.41, 5.74) is 0.966. The van der Waals surface area contributed by atoms with E-state index in [2.05, 4.69) is 15.9 Å². The molecule has 1 atom stereocenters. The average molecular weight is 395 g/mol. The van der Waals surface area contributed by atoms with Gasteiger partial charge in [-0.25, -0.2) is 0 Å². The summed E-state index contributed by atoms with van der Waals surface area (Å²) < 4.78 is 0.928. The van der Waals surface area contributed by atoms with Crippen molar-refractivity contribution in [3.8, 4) is 0 Å². The van der Waals surface area contributed by atoms with Gasteiger partial charge in [0.1, 0.15) is 6.04 Å². The van der Waals surface area contributed by atoms with Crippen molar-refractivity contribution >= 4 is 33.7 Å². The molecule has 0 spiro atoms. The van der Waals surface area contributed by atoms with Gasteiger partial charge in [-0.3, -0.25) is 14.4 Å². The van der Waals surface area contributed by atoms with E-state index in [1.807, 2.05) is 24.3 Å². The molecule has 1 aromatic carbocycles. The largest absolute Gasteiger partial charge is 0.481 e.